The van der Waals surface area contributed by atoms with Crippen LogP contribution < -0.4 is 5.32 Å². The molecule has 0 fully saturated rings. The zero-order valence-electron chi connectivity index (χ0n) is 9.14. The highest BCUT2D eigenvalue weighted by molar-refractivity contribution is 5.80. The Bertz CT molecular complexity index is 321. The zero-order valence-corrected chi connectivity index (χ0v) is 9.14. The van der Waals surface area contributed by atoms with Crippen LogP contribution >= 0.6 is 0 Å². The first kappa shape index (κ1) is 11.6. The Morgan fingerprint density at radius 1 is 1.67 bits per heavy atom. The SMILES string of the molecule is CC(C(=O)NC(C)(C)CO)n1cncn1. The van der Waals surface area contributed by atoms with Gasteiger partial charge in [-0.3, -0.25) is 4.79 Å². The fraction of sp³-hybridized carbons (Fsp3) is 0.667. The van der Waals surface area contributed by atoms with Gasteiger partial charge in [0, 0.05) is 0 Å². The predicted octanol–water partition coefficient (Wildman–Crippen LogP) is -0.274. The van der Waals surface area contributed by atoms with E-state index in [1.807, 2.05) is 0 Å². The summed E-state index contributed by atoms with van der Waals surface area (Å²) >= 11 is 0. The first-order valence-corrected chi connectivity index (χ1v) is 4.73. The number of aliphatic hydroxyl groups excluding tert-OH is 1. The van der Waals surface area contributed by atoms with Crippen molar-refractivity contribution in [2.45, 2.75) is 32.4 Å². The van der Waals surface area contributed by atoms with Gasteiger partial charge in [0.05, 0.1) is 12.1 Å². The van der Waals surface area contributed by atoms with Crippen molar-refractivity contribution in [2.24, 2.45) is 0 Å². The van der Waals surface area contributed by atoms with E-state index in [4.69, 9.17) is 5.11 Å². The van der Waals surface area contributed by atoms with Gasteiger partial charge in [-0.1, -0.05) is 0 Å². The van der Waals surface area contributed by atoms with Crippen LogP contribution in [0.25, 0.3) is 0 Å². The molecule has 0 aromatic carbocycles. The van der Waals surface area contributed by atoms with Crippen molar-refractivity contribution in [1.82, 2.24) is 20.1 Å². The summed E-state index contributed by atoms with van der Waals surface area (Å²) in [6, 6.07) is -0.432. The molecule has 84 valence electrons. The molecule has 1 amide bonds. The van der Waals surface area contributed by atoms with Gasteiger partial charge >= 0.3 is 0 Å². The molecule has 1 aromatic heterocycles. The van der Waals surface area contributed by atoms with Gasteiger partial charge in [-0.05, 0) is 20.8 Å². The van der Waals surface area contributed by atoms with Crippen molar-refractivity contribution >= 4 is 5.91 Å². The van der Waals surface area contributed by atoms with E-state index in [9.17, 15) is 4.79 Å². The van der Waals surface area contributed by atoms with E-state index in [1.54, 1.807) is 20.8 Å². The number of nitrogens with zero attached hydrogens (tertiary/aromatic N) is 3. The molecule has 1 unspecified atom stereocenters. The number of nitrogens with one attached hydrogen (secondary N) is 1. The minimum Gasteiger partial charge on any atom is -0.394 e. The Labute approximate surface area is 88.3 Å². The number of carbonyl (C=O) groups is 1. The molecule has 6 nitrogen and oxygen atoms in total. The van der Waals surface area contributed by atoms with Gasteiger partial charge in [0.25, 0.3) is 0 Å². The second-order valence-corrected chi connectivity index (χ2v) is 4.08. The van der Waals surface area contributed by atoms with E-state index in [1.165, 1.54) is 17.3 Å². The van der Waals surface area contributed by atoms with Crippen molar-refractivity contribution < 1.29 is 9.90 Å². The predicted molar refractivity (Wildman–Crippen MR) is 54.0 cm³/mol. The quantitative estimate of drug-likeness (QED) is 0.719. The van der Waals surface area contributed by atoms with Gasteiger partial charge in [0.1, 0.15) is 18.7 Å². The normalized spacial score (nSPS) is 13.6. The molecule has 15 heavy (non-hydrogen) atoms. The second-order valence-electron chi connectivity index (χ2n) is 4.08. The molecular formula is C9H16N4O2. The Kier molecular flexibility index (Phi) is 3.41. The lowest BCUT2D eigenvalue weighted by atomic mass is 10.1. The average Bonchev–Trinajstić information content (AvgIpc) is 2.68. The highest BCUT2D eigenvalue weighted by atomic mass is 16.3. The lowest BCUT2D eigenvalue weighted by Crippen LogP contribution is -2.48. The molecule has 0 saturated carbocycles. The molecule has 2 N–H and O–H groups in total. The Balaban J connectivity index is 2.62. The minimum atomic E-state index is -0.619. The molecule has 0 radical (unpaired) electrons. The van der Waals surface area contributed by atoms with E-state index in [0.29, 0.717) is 0 Å². The Morgan fingerprint density at radius 2 is 2.33 bits per heavy atom. The van der Waals surface area contributed by atoms with Crippen LogP contribution in [-0.4, -0.2) is 37.9 Å². The lowest BCUT2D eigenvalue weighted by molar-refractivity contribution is -0.126. The van der Waals surface area contributed by atoms with Gasteiger partial charge in [-0.25, -0.2) is 9.67 Å². The number of aliphatic hydroxyl groups is 1. The van der Waals surface area contributed by atoms with Crippen molar-refractivity contribution in [2.75, 3.05) is 6.61 Å². The topological polar surface area (TPSA) is 80.0 Å². The monoisotopic (exact) mass is 212 g/mol. The molecule has 0 bridgehead atoms. The van der Waals surface area contributed by atoms with Crippen molar-refractivity contribution in [3.63, 3.8) is 0 Å². The molecule has 0 aliphatic rings. The number of hydrogen-bond donors (Lipinski definition) is 2. The van der Waals surface area contributed by atoms with E-state index in [0.717, 1.165) is 0 Å². The summed E-state index contributed by atoms with van der Waals surface area (Å²) in [5, 5.41) is 15.6. The summed E-state index contributed by atoms with van der Waals surface area (Å²) in [7, 11) is 0. The fourth-order valence-electron chi connectivity index (χ4n) is 1.01. The van der Waals surface area contributed by atoms with Crippen LogP contribution in [-0.2, 0) is 4.79 Å². The molecule has 0 spiro atoms. The van der Waals surface area contributed by atoms with E-state index in [-0.39, 0.29) is 12.5 Å². The largest absolute Gasteiger partial charge is 0.394 e. The first-order valence-electron chi connectivity index (χ1n) is 4.73. The van der Waals surface area contributed by atoms with Crippen LogP contribution in [0.15, 0.2) is 12.7 Å². The third-order valence-electron chi connectivity index (χ3n) is 2.07. The maximum Gasteiger partial charge on any atom is 0.245 e. The van der Waals surface area contributed by atoms with Crippen molar-refractivity contribution in [3.05, 3.63) is 12.7 Å². The number of carbonyl (C=O) groups excluding carboxylic acids is 1. The number of rotatable bonds is 4. The van der Waals surface area contributed by atoms with Gasteiger partial charge in [-0.2, -0.15) is 5.10 Å². The third-order valence-corrected chi connectivity index (χ3v) is 2.07. The second kappa shape index (κ2) is 4.39. The average molecular weight is 212 g/mol. The lowest BCUT2D eigenvalue weighted by Gasteiger charge is -2.25. The summed E-state index contributed by atoms with van der Waals surface area (Å²) in [6.07, 6.45) is 2.86. The molecule has 1 aromatic rings. The summed E-state index contributed by atoms with van der Waals surface area (Å²) in [4.78, 5) is 15.5. The molecule has 0 saturated heterocycles. The number of hydrogen-bond acceptors (Lipinski definition) is 4. The third kappa shape index (κ3) is 3.02. The van der Waals surface area contributed by atoms with Gasteiger partial charge in [0.15, 0.2) is 0 Å². The summed E-state index contributed by atoms with van der Waals surface area (Å²) in [6.45, 7) is 5.11. The van der Waals surface area contributed by atoms with Crippen molar-refractivity contribution in [3.8, 4) is 0 Å². The maximum atomic E-state index is 11.7. The van der Waals surface area contributed by atoms with Crippen LogP contribution in [0.4, 0.5) is 0 Å². The van der Waals surface area contributed by atoms with Crippen molar-refractivity contribution in [1.29, 1.82) is 0 Å². The molecular weight excluding hydrogens is 196 g/mol. The molecule has 0 aliphatic heterocycles. The molecule has 0 aliphatic carbocycles. The number of amides is 1. The summed E-state index contributed by atoms with van der Waals surface area (Å²) < 4.78 is 1.46. The molecule has 1 rings (SSSR count). The van der Waals surface area contributed by atoms with E-state index < -0.39 is 11.6 Å². The first-order chi connectivity index (χ1) is 6.96. The molecule has 6 heteroatoms. The minimum absolute atomic E-state index is 0.108. The number of aromatic nitrogens is 3. The van der Waals surface area contributed by atoms with Crippen LogP contribution in [0.1, 0.15) is 26.8 Å². The Morgan fingerprint density at radius 3 is 2.80 bits per heavy atom. The van der Waals surface area contributed by atoms with Crippen LogP contribution in [0.2, 0.25) is 0 Å². The molecule has 1 heterocycles. The van der Waals surface area contributed by atoms with Gasteiger partial charge in [0.2, 0.25) is 5.91 Å². The Hall–Kier alpha value is -1.43. The standard InChI is InChI=1S/C9H16N4O2/c1-7(13-6-10-5-11-13)8(15)12-9(2,3)4-14/h5-7,14H,4H2,1-3H3,(H,12,15). The van der Waals surface area contributed by atoms with E-state index >= 15 is 0 Å². The maximum absolute atomic E-state index is 11.7. The van der Waals surface area contributed by atoms with Crippen LogP contribution in [0.5, 0.6) is 0 Å². The summed E-state index contributed by atoms with van der Waals surface area (Å²) in [5.41, 5.74) is -0.619. The van der Waals surface area contributed by atoms with E-state index in [2.05, 4.69) is 15.4 Å². The van der Waals surface area contributed by atoms with Gasteiger partial charge < -0.3 is 10.4 Å². The smallest absolute Gasteiger partial charge is 0.245 e. The highest BCUT2D eigenvalue weighted by Gasteiger charge is 2.23. The van der Waals surface area contributed by atoms with Gasteiger partial charge in [-0.15, -0.1) is 0 Å². The molecule has 1 atom stereocenters. The van der Waals surface area contributed by atoms with Crippen LogP contribution in [0.3, 0.4) is 0 Å². The summed E-state index contributed by atoms with van der Waals surface area (Å²) in [5.74, 6) is -0.195. The van der Waals surface area contributed by atoms with Crippen LogP contribution in [0, 0.1) is 0 Å². The zero-order chi connectivity index (χ0) is 11.5. The highest BCUT2D eigenvalue weighted by Crippen LogP contribution is 2.06. The fourth-order valence-corrected chi connectivity index (χ4v) is 1.01.